The number of hydrogen-bond donors (Lipinski definition) is 2. The van der Waals surface area contributed by atoms with Gasteiger partial charge in [0.15, 0.2) is 0 Å². The minimum atomic E-state index is -0.790. The summed E-state index contributed by atoms with van der Waals surface area (Å²) in [4.78, 5) is 25.1. The van der Waals surface area contributed by atoms with Crippen LogP contribution in [0.25, 0.3) is 0 Å². The molecule has 1 aliphatic heterocycles. The number of hydrogen-bond acceptors (Lipinski definition) is 3. The van der Waals surface area contributed by atoms with E-state index in [4.69, 9.17) is 5.73 Å². The third-order valence-electron chi connectivity index (χ3n) is 2.87. The van der Waals surface area contributed by atoms with Crippen LogP contribution in [0.4, 0.5) is 0 Å². The molecule has 1 saturated heterocycles. The van der Waals surface area contributed by atoms with E-state index in [0.29, 0.717) is 19.5 Å². The average Bonchev–Trinajstić information content (AvgIpc) is 2.20. The lowest BCUT2D eigenvalue weighted by Crippen LogP contribution is -2.65. The number of halogens is 1. The topological polar surface area (TPSA) is 75.4 Å². The number of amides is 2. The van der Waals surface area contributed by atoms with Crippen LogP contribution < -0.4 is 11.1 Å². The molecule has 0 spiro atoms. The van der Waals surface area contributed by atoms with Gasteiger partial charge in [0.2, 0.25) is 11.8 Å². The zero-order valence-electron chi connectivity index (χ0n) is 9.95. The summed E-state index contributed by atoms with van der Waals surface area (Å²) in [5.74, 6) is -0.261. The number of nitrogens with zero attached hydrogens (tertiary/aromatic N) is 1. The third-order valence-corrected chi connectivity index (χ3v) is 2.87. The van der Waals surface area contributed by atoms with E-state index in [0.717, 1.165) is 0 Å². The Morgan fingerprint density at radius 2 is 2.19 bits per heavy atom. The van der Waals surface area contributed by atoms with Crippen molar-refractivity contribution in [2.45, 2.75) is 38.8 Å². The highest BCUT2D eigenvalue weighted by atomic mass is 35.5. The van der Waals surface area contributed by atoms with Crippen LogP contribution in [0.3, 0.4) is 0 Å². The molecule has 0 bridgehead atoms. The summed E-state index contributed by atoms with van der Waals surface area (Å²) in [6.45, 7) is 6.37. The van der Waals surface area contributed by atoms with Crippen LogP contribution in [0, 0.1) is 0 Å². The van der Waals surface area contributed by atoms with Crippen LogP contribution in [0.15, 0.2) is 0 Å². The molecule has 6 heteroatoms. The maximum absolute atomic E-state index is 11.9. The van der Waals surface area contributed by atoms with E-state index in [9.17, 15) is 9.59 Å². The van der Waals surface area contributed by atoms with Crippen LogP contribution >= 0.6 is 12.4 Å². The summed E-state index contributed by atoms with van der Waals surface area (Å²) in [7, 11) is 0. The first-order valence-electron chi connectivity index (χ1n) is 5.26. The number of rotatable bonds is 2. The SMILES string of the molecule is CC[C@H](N)C(=O)N1CCNC(=O)C1(C)C.Cl. The Bertz CT molecular complexity index is 281. The molecule has 1 heterocycles. The maximum atomic E-state index is 11.9. The molecule has 0 aromatic carbocycles. The van der Waals surface area contributed by atoms with Crippen molar-refractivity contribution in [3.8, 4) is 0 Å². The van der Waals surface area contributed by atoms with Gasteiger partial charge in [0.05, 0.1) is 6.04 Å². The first-order valence-corrected chi connectivity index (χ1v) is 5.26. The van der Waals surface area contributed by atoms with Gasteiger partial charge in [-0.3, -0.25) is 9.59 Å². The zero-order chi connectivity index (χ0) is 11.6. The predicted molar refractivity (Wildman–Crippen MR) is 64.3 cm³/mol. The highest BCUT2D eigenvalue weighted by molar-refractivity contribution is 5.93. The van der Waals surface area contributed by atoms with Crippen molar-refractivity contribution in [1.29, 1.82) is 0 Å². The lowest BCUT2D eigenvalue weighted by Gasteiger charge is -2.42. The van der Waals surface area contributed by atoms with Gasteiger partial charge >= 0.3 is 0 Å². The maximum Gasteiger partial charge on any atom is 0.245 e. The molecule has 0 aliphatic carbocycles. The second-order valence-electron chi connectivity index (χ2n) is 4.32. The highest BCUT2D eigenvalue weighted by Crippen LogP contribution is 2.18. The van der Waals surface area contributed by atoms with Gasteiger partial charge in [-0.25, -0.2) is 0 Å². The van der Waals surface area contributed by atoms with Gasteiger partial charge in [-0.2, -0.15) is 0 Å². The molecule has 1 atom stereocenters. The Morgan fingerprint density at radius 1 is 1.62 bits per heavy atom. The summed E-state index contributed by atoms with van der Waals surface area (Å²) >= 11 is 0. The Labute approximate surface area is 102 Å². The molecular weight excluding hydrogens is 230 g/mol. The van der Waals surface area contributed by atoms with Crippen LogP contribution in [-0.4, -0.2) is 41.4 Å². The lowest BCUT2D eigenvalue weighted by molar-refractivity contribution is -0.150. The molecule has 16 heavy (non-hydrogen) atoms. The molecule has 0 radical (unpaired) electrons. The smallest absolute Gasteiger partial charge is 0.245 e. The molecule has 0 aromatic rings. The van der Waals surface area contributed by atoms with E-state index in [1.165, 1.54) is 0 Å². The number of nitrogens with two attached hydrogens (primary N) is 1. The van der Waals surface area contributed by atoms with Crippen molar-refractivity contribution in [3.63, 3.8) is 0 Å². The Kier molecular flexibility index (Phi) is 5.22. The van der Waals surface area contributed by atoms with Crippen LogP contribution in [-0.2, 0) is 9.59 Å². The molecule has 1 fully saturated rings. The summed E-state index contributed by atoms with van der Waals surface area (Å²) < 4.78 is 0. The first kappa shape index (κ1) is 15.2. The van der Waals surface area contributed by atoms with E-state index < -0.39 is 11.6 Å². The lowest BCUT2D eigenvalue weighted by atomic mass is 9.97. The van der Waals surface area contributed by atoms with Gasteiger partial charge in [0, 0.05) is 13.1 Å². The van der Waals surface area contributed by atoms with Crippen LogP contribution in [0.2, 0.25) is 0 Å². The van der Waals surface area contributed by atoms with Crippen molar-refractivity contribution >= 4 is 24.2 Å². The van der Waals surface area contributed by atoms with Crippen molar-refractivity contribution in [2.75, 3.05) is 13.1 Å². The second kappa shape index (κ2) is 5.50. The summed E-state index contributed by atoms with van der Waals surface area (Å²) in [5.41, 5.74) is 4.90. The van der Waals surface area contributed by atoms with Gasteiger partial charge in [0.25, 0.3) is 0 Å². The Hall–Kier alpha value is -0.810. The van der Waals surface area contributed by atoms with Gasteiger partial charge < -0.3 is 16.0 Å². The highest BCUT2D eigenvalue weighted by Gasteiger charge is 2.41. The number of nitrogens with one attached hydrogen (secondary N) is 1. The van der Waals surface area contributed by atoms with Crippen molar-refractivity contribution in [2.24, 2.45) is 5.73 Å². The normalized spacial score (nSPS) is 20.8. The van der Waals surface area contributed by atoms with Crippen molar-refractivity contribution in [1.82, 2.24) is 10.2 Å². The summed E-state index contributed by atoms with van der Waals surface area (Å²) in [6.07, 6.45) is 0.590. The minimum absolute atomic E-state index is 0. The van der Waals surface area contributed by atoms with Gasteiger partial charge in [0.1, 0.15) is 5.54 Å². The number of piperazine rings is 1. The first-order chi connectivity index (χ1) is 6.91. The van der Waals surface area contributed by atoms with Crippen molar-refractivity contribution < 1.29 is 9.59 Å². The molecule has 94 valence electrons. The largest absolute Gasteiger partial charge is 0.352 e. The molecule has 2 amide bonds. The molecule has 0 unspecified atom stereocenters. The Morgan fingerprint density at radius 3 is 2.69 bits per heavy atom. The van der Waals surface area contributed by atoms with E-state index in [2.05, 4.69) is 5.32 Å². The van der Waals surface area contributed by atoms with Crippen LogP contribution in [0.5, 0.6) is 0 Å². The van der Waals surface area contributed by atoms with E-state index in [1.54, 1.807) is 18.7 Å². The Balaban J connectivity index is 0.00000225. The molecule has 0 saturated carbocycles. The summed E-state index contributed by atoms with van der Waals surface area (Å²) in [6, 6.07) is -0.504. The zero-order valence-corrected chi connectivity index (χ0v) is 10.8. The van der Waals surface area contributed by atoms with Gasteiger partial charge in [-0.05, 0) is 20.3 Å². The second-order valence-corrected chi connectivity index (χ2v) is 4.32. The fourth-order valence-corrected chi connectivity index (χ4v) is 1.66. The molecule has 3 N–H and O–H groups in total. The molecular formula is C10H20ClN3O2. The molecule has 0 aromatic heterocycles. The fraction of sp³-hybridized carbons (Fsp3) is 0.800. The minimum Gasteiger partial charge on any atom is -0.352 e. The monoisotopic (exact) mass is 249 g/mol. The van der Waals surface area contributed by atoms with Crippen LogP contribution in [0.1, 0.15) is 27.2 Å². The molecule has 5 nitrogen and oxygen atoms in total. The standard InChI is InChI=1S/C10H19N3O2.ClH/c1-4-7(11)8(14)13-6-5-12-9(15)10(13,2)3;/h7H,4-6,11H2,1-3H3,(H,12,15);1H/t7-;/m0./s1. The van der Waals surface area contributed by atoms with Gasteiger partial charge in [-0.1, -0.05) is 6.92 Å². The summed E-state index contributed by atoms with van der Waals surface area (Å²) in [5, 5.41) is 2.74. The third kappa shape index (κ3) is 2.65. The van der Waals surface area contributed by atoms with E-state index >= 15 is 0 Å². The van der Waals surface area contributed by atoms with Gasteiger partial charge in [-0.15, -0.1) is 12.4 Å². The fourth-order valence-electron chi connectivity index (χ4n) is 1.66. The van der Waals surface area contributed by atoms with Crippen molar-refractivity contribution in [3.05, 3.63) is 0 Å². The van der Waals surface area contributed by atoms with E-state index in [1.807, 2.05) is 6.92 Å². The number of carbonyl (C=O) groups excluding carboxylic acids is 2. The van der Waals surface area contributed by atoms with E-state index in [-0.39, 0.29) is 24.2 Å². The molecule has 1 aliphatic rings. The average molecular weight is 250 g/mol. The predicted octanol–water partition coefficient (Wildman–Crippen LogP) is -0.117. The molecule has 1 rings (SSSR count). The quantitative estimate of drug-likeness (QED) is 0.717. The number of carbonyl (C=O) groups is 2.